The van der Waals surface area contributed by atoms with Crippen LogP contribution in [-0.2, 0) is 0 Å². The molecule has 19 heavy (non-hydrogen) atoms. The molecule has 2 aliphatic rings. The van der Waals surface area contributed by atoms with Crippen molar-refractivity contribution < 1.29 is 4.74 Å². The molecule has 0 saturated carbocycles. The fourth-order valence-electron chi connectivity index (χ4n) is 3.56. The van der Waals surface area contributed by atoms with Crippen LogP contribution in [0.15, 0.2) is 0 Å². The van der Waals surface area contributed by atoms with Crippen LogP contribution < -0.4 is 4.74 Å². The lowest BCUT2D eigenvalue weighted by atomic mass is 9.94. The number of aryl methyl sites for hydroxylation is 1. The van der Waals surface area contributed by atoms with Gasteiger partial charge in [0.1, 0.15) is 11.9 Å². The number of aromatic nitrogens is 1. The summed E-state index contributed by atoms with van der Waals surface area (Å²) in [6, 6.07) is 0.546. The van der Waals surface area contributed by atoms with Crippen molar-refractivity contribution in [2.24, 2.45) is 0 Å². The van der Waals surface area contributed by atoms with Crippen LogP contribution in [0.5, 0.6) is 5.75 Å². The van der Waals surface area contributed by atoms with Crippen LogP contribution in [-0.4, -0.2) is 35.6 Å². The molecule has 0 aromatic carbocycles. The zero-order valence-electron chi connectivity index (χ0n) is 12.7. The van der Waals surface area contributed by atoms with Gasteiger partial charge in [-0.3, -0.25) is 9.88 Å². The topological polar surface area (TPSA) is 25.4 Å². The van der Waals surface area contributed by atoms with E-state index in [-0.39, 0.29) is 6.10 Å². The summed E-state index contributed by atoms with van der Waals surface area (Å²) in [6.07, 6.45) is 2.81. The van der Waals surface area contributed by atoms with Crippen molar-refractivity contribution in [1.29, 1.82) is 0 Å². The Balaban J connectivity index is 1.97. The molecule has 3 atom stereocenters. The van der Waals surface area contributed by atoms with Crippen LogP contribution in [0.4, 0.5) is 0 Å². The third-order valence-corrected chi connectivity index (χ3v) is 5.10. The van der Waals surface area contributed by atoms with Gasteiger partial charge in [0.15, 0.2) is 0 Å². The van der Waals surface area contributed by atoms with Gasteiger partial charge in [0.25, 0.3) is 0 Å². The summed E-state index contributed by atoms with van der Waals surface area (Å²) in [5.41, 5.74) is 4.86. The molecule has 0 N–H and O–H groups in total. The summed E-state index contributed by atoms with van der Waals surface area (Å²) in [5.74, 6) is 1.46. The van der Waals surface area contributed by atoms with Crippen molar-refractivity contribution in [3.8, 4) is 5.75 Å². The summed E-state index contributed by atoms with van der Waals surface area (Å²) in [7, 11) is 2.22. The maximum Gasteiger partial charge on any atom is 0.144 e. The Morgan fingerprint density at radius 2 is 1.95 bits per heavy atom. The van der Waals surface area contributed by atoms with Gasteiger partial charge < -0.3 is 4.74 Å². The van der Waals surface area contributed by atoms with E-state index in [1.807, 2.05) is 0 Å². The molecular weight excluding hydrogens is 236 g/mol. The van der Waals surface area contributed by atoms with E-state index in [1.165, 1.54) is 36.2 Å². The molecule has 104 valence electrons. The molecule has 0 bridgehead atoms. The van der Waals surface area contributed by atoms with Crippen molar-refractivity contribution in [2.45, 2.75) is 58.6 Å². The van der Waals surface area contributed by atoms with Gasteiger partial charge in [-0.05, 0) is 58.3 Å². The first-order chi connectivity index (χ1) is 9.00. The van der Waals surface area contributed by atoms with Gasteiger partial charge >= 0.3 is 0 Å². The summed E-state index contributed by atoms with van der Waals surface area (Å²) in [5, 5.41) is 0. The molecule has 0 radical (unpaired) electrons. The number of fused-ring (bicyclic) bond motifs is 1. The molecule has 1 saturated heterocycles. The predicted octanol–water partition coefficient (Wildman–Crippen LogP) is 2.97. The minimum Gasteiger partial charge on any atom is -0.486 e. The fraction of sp³-hybridized carbons (Fsp3) is 0.688. The van der Waals surface area contributed by atoms with E-state index in [0.29, 0.717) is 12.0 Å². The van der Waals surface area contributed by atoms with Crippen molar-refractivity contribution in [2.75, 3.05) is 13.6 Å². The monoisotopic (exact) mass is 260 g/mol. The number of pyridine rings is 1. The van der Waals surface area contributed by atoms with Crippen LogP contribution in [0, 0.1) is 20.8 Å². The minimum atomic E-state index is 0.273. The quantitative estimate of drug-likeness (QED) is 0.776. The first-order valence-corrected chi connectivity index (χ1v) is 7.35. The highest BCUT2D eigenvalue weighted by molar-refractivity contribution is 5.48. The normalized spacial score (nSPS) is 30.5. The number of rotatable bonds is 1. The van der Waals surface area contributed by atoms with E-state index >= 15 is 0 Å². The van der Waals surface area contributed by atoms with E-state index < -0.39 is 0 Å². The molecule has 3 nitrogen and oxygen atoms in total. The Kier molecular flexibility index (Phi) is 3.05. The SMILES string of the molecule is Cc1nc2c(c(C)c1C)OC(C1CCCN1C)C2C. The molecule has 3 unspecified atom stereocenters. The van der Waals surface area contributed by atoms with E-state index in [2.05, 4.69) is 39.6 Å². The molecule has 1 fully saturated rings. The van der Waals surface area contributed by atoms with E-state index in [0.717, 1.165) is 11.4 Å². The number of hydrogen-bond donors (Lipinski definition) is 0. The minimum absolute atomic E-state index is 0.273. The van der Waals surface area contributed by atoms with Gasteiger partial charge in [-0.25, -0.2) is 0 Å². The lowest BCUT2D eigenvalue weighted by Gasteiger charge is -2.27. The summed E-state index contributed by atoms with van der Waals surface area (Å²) < 4.78 is 6.34. The molecule has 1 aromatic heterocycles. The highest BCUT2D eigenvalue weighted by atomic mass is 16.5. The van der Waals surface area contributed by atoms with Gasteiger partial charge in [0, 0.05) is 17.7 Å². The zero-order valence-corrected chi connectivity index (χ0v) is 12.7. The van der Waals surface area contributed by atoms with Crippen LogP contribution in [0.3, 0.4) is 0 Å². The summed E-state index contributed by atoms with van der Waals surface area (Å²) in [6.45, 7) is 9.86. The van der Waals surface area contributed by atoms with Gasteiger partial charge in [0.2, 0.25) is 0 Å². The number of ether oxygens (including phenoxy) is 1. The van der Waals surface area contributed by atoms with E-state index in [1.54, 1.807) is 0 Å². The Morgan fingerprint density at radius 1 is 1.21 bits per heavy atom. The van der Waals surface area contributed by atoms with Gasteiger partial charge in [0.05, 0.1) is 5.69 Å². The molecule has 0 aliphatic carbocycles. The molecule has 0 spiro atoms. The van der Waals surface area contributed by atoms with E-state index in [4.69, 9.17) is 9.72 Å². The zero-order chi connectivity index (χ0) is 13.7. The van der Waals surface area contributed by atoms with Crippen molar-refractivity contribution in [3.05, 3.63) is 22.5 Å². The molecule has 0 amide bonds. The van der Waals surface area contributed by atoms with Crippen LogP contribution >= 0.6 is 0 Å². The third-order valence-electron chi connectivity index (χ3n) is 5.10. The van der Waals surface area contributed by atoms with Crippen LogP contribution in [0.1, 0.15) is 48.2 Å². The largest absolute Gasteiger partial charge is 0.486 e. The van der Waals surface area contributed by atoms with Crippen LogP contribution in [0.2, 0.25) is 0 Å². The van der Waals surface area contributed by atoms with Gasteiger partial charge in [-0.15, -0.1) is 0 Å². The molecule has 1 aromatic rings. The standard InChI is InChI=1S/C16H24N2O/c1-9-10(2)16-14(17-12(9)4)11(3)15(19-16)13-7-6-8-18(13)5/h11,13,15H,6-8H2,1-5H3. The number of likely N-dealkylation sites (tertiary alicyclic amines) is 1. The first kappa shape index (κ1) is 12.9. The van der Waals surface area contributed by atoms with Gasteiger partial charge in [-0.2, -0.15) is 0 Å². The molecule has 3 heteroatoms. The van der Waals surface area contributed by atoms with Crippen LogP contribution in [0.25, 0.3) is 0 Å². The molecule has 2 aliphatic heterocycles. The highest BCUT2D eigenvalue weighted by Gasteiger charge is 2.42. The van der Waals surface area contributed by atoms with Crippen molar-refractivity contribution in [1.82, 2.24) is 9.88 Å². The number of nitrogens with zero attached hydrogens (tertiary/aromatic N) is 2. The summed E-state index contributed by atoms with van der Waals surface area (Å²) in [4.78, 5) is 7.24. The second-order valence-electron chi connectivity index (χ2n) is 6.22. The fourth-order valence-corrected chi connectivity index (χ4v) is 3.56. The lowest BCUT2D eigenvalue weighted by molar-refractivity contribution is 0.110. The van der Waals surface area contributed by atoms with E-state index in [9.17, 15) is 0 Å². The third kappa shape index (κ3) is 1.86. The first-order valence-electron chi connectivity index (χ1n) is 7.35. The Labute approximate surface area is 116 Å². The number of likely N-dealkylation sites (N-methyl/N-ethyl adjacent to an activating group) is 1. The second kappa shape index (κ2) is 4.48. The Hall–Kier alpha value is -1.09. The summed E-state index contributed by atoms with van der Waals surface area (Å²) >= 11 is 0. The number of hydrogen-bond acceptors (Lipinski definition) is 3. The smallest absolute Gasteiger partial charge is 0.144 e. The average molecular weight is 260 g/mol. The molecular formula is C16H24N2O. The Bertz CT molecular complexity index is 512. The molecule has 3 rings (SSSR count). The maximum absolute atomic E-state index is 6.34. The maximum atomic E-state index is 6.34. The second-order valence-corrected chi connectivity index (χ2v) is 6.22. The lowest BCUT2D eigenvalue weighted by Crippen LogP contribution is -2.40. The van der Waals surface area contributed by atoms with Crippen molar-refractivity contribution >= 4 is 0 Å². The van der Waals surface area contributed by atoms with Crippen molar-refractivity contribution in [3.63, 3.8) is 0 Å². The Morgan fingerprint density at radius 3 is 2.58 bits per heavy atom. The molecule has 3 heterocycles. The van der Waals surface area contributed by atoms with Gasteiger partial charge in [-0.1, -0.05) is 6.92 Å². The highest BCUT2D eigenvalue weighted by Crippen LogP contribution is 2.43. The predicted molar refractivity (Wildman–Crippen MR) is 76.9 cm³/mol. The average Bonchev–Trinajstić information content (AvgIpc) is 2.92.